The molecule has 0 radical (unpaired) electrons. The molecule has 0 saturated heterocycles. The molecule has 3 atom stereocenters. The zero-order valence-electron chi connectivity index (χ0n) is 13.0. The van der Waals surface area contributed by atoms with Gasteiger partial charge in [0.2, 0.25) is 0 Å². The molecule has 0 unspecified atom stereocenters. The number of benzene rings is 1. The molecule has 1 saturated carbocycles. The van der Waals surface area contributed by atoms with Crippen molar-refractivity contribution in [3.8, 4) is 0 Å². The summed E-state index contributed by atoms with van der Waals surface area (Å²) in [5, 5.41) is 7.62. The van der Waals surface area contributed by atoms with Gasteiger partial charge in [-0.3, -0.25) is 0 Å². The number of hydrogen-bond donors (Lipinski definition) is 2. The summed E-state index contributed by atoms with van der Waals surface area (Å²) in [5.41, 5.74) is 3.66. The smallest absolute Gasteiger partial charge is 0.171 e. The number of aryl methyl sites for hydroxylation is 1. The van der Waals surface area contributed by atoms with Gasteiger partial charge in [-0.2, -0.15) is 0 Å². The van der Waals surface area contributed by atoms with Crippen LogP contribution in [0.25, 0.3) is 0 Å². The molecule has 2 nitrogen and oxygen atoms in total. The Bertz CT molecular complexity index is 484. The Kier molecular flexibility index (Phi) is 5.03. The Labute approximate surface area is 128 Å². The summed E-state index contributed by atoms with van der Waals surface area (Å²) in [6.07, 6.45) is 3.87. The van der Waals surface area contributed by atoms with Crippen LogP contribution in [0, 0.1) is 25.7 Å². The van der Waals surface area contributed by atoms with Crippen LogP contribution in [-0.4, -0.2) is 11.2 Å². The van der Waals surface area contributed by atoms with Crippen molar-refractivity contribution in [1.29, 1.82) is 0 Å². The average Bonchev–Trinajstić information content (AvgIpc) is 2.40. The van der Waals surface area contributed by atoms with Gasteiger partial charge >= 0.3 is 0 Å². The highest BCUT2D eigenvalue weighted by molar-refractivity contribution is 7.80. The summed E-state index contributed by atoms with van der Waals surface area (Å²) in [7, 11) is 0. The largest absolute Gasteiger partial charge is 0.359 e. The van der Waals surface area contributed by atoms with Gasteiger partial charge in [0.25, 0.3) is 0 Å². The van der Waals surface area contributed by atoms with Crippen molar-refractivity contribution in [1.82, 2.24) is 5.32 Å². The third-order valence-electron chi connectivity index (χ3n) is 4.88. The van der Waals surface area contributed by atoms with Crippen molar-refractivity contribution >= 4 is 23.0 Å². The molecule has 1 fully saturated rings. The summed E-state index contributed by atoms with van der Waals surface area (Å²) in [6, 6.07) is 6.79. The minimum Gasteiger partial charge on any atom is -0.359 e. The van der Waals surface area contributed by atoms with Crippen molar-refractivity contribution in [3.63, 3.8) is 0 Å². The predicted octanol–water partition coefficient (Wildman–Crippen LogP) is 4.41. The van der Waals surface area contributed by atoms with E-state index >= 15 is 0 Å². The highest BCUT2D eigenvalue weighted by atomic mass is 32.1. The molecule has 1 aliphatic rings. The second kappa shape index (κ2) is 6.57. The summed E-state index contributed by atoms with van der Waals surface area (Å²) in [5.74, 6) is 1.46. The van der Waals surface area contributed by atoms with E-state index in [1.165, 1.54) is 30.4 Å². The van der Waals surface area contributed by atoms with Crippen molar-refractivity contribution in [2.24, 2.45) is 11.8 Å². The summed E-state index contributed by atoms with van der Waals surface area (Å²) < 4.78 is 0. The molecule has 0 bridgehead atoms. The standard InChI is InChI=1S/C17H26N2S/c1-11-7-5-9-15(13(11)3)18-17(20)19-16-10-6-8-12(2)14(16)4/h5,7,9,12,14,16H,6,8,10H2,1-4H3,(H2,18,19,20)/t12-,14-,16-/m0/s1. The van der Waals surface area contributed by atoms with E-state index in [1.54, 1.807) is 0 Å². The fraction of sp³-hybridized carbons (Fsp3) is 0.588. The first-order chi connectivity index (χ1) is 9.49. The lowest BCUT2D eigenvalue weighted by Crippen LogP contribution is -2.45. The Balaban J connectivity index is 1.97. The molecular formula is C17H26N2S. The maximum atomic E-state index is 5.49. The molecule has 0 spiro atoms. The Hall–Kier alpha value is -1.09. The maximum Gasteiger partial charge on any atom is 0.171 e. The van der Waals surface area contributed by atoms with Crippen LogP contribution in [0.2, 0.25) is 0 Å². The second-order valence-corrected chi connectivity index (χ2v) is 6.63. The van der Waals surface area contributed by atoms with Gasteiger partial charge in [0, 0.05) is 11.7 Å². The van der Waals surface area contributed by atoms with E-state index in [9.17, 15) is 0 Å². The Morgan fingerprint density at radius 2 is 1.95 bits per heavy atom. The molecule has 1 aliphatic carbocycles. The molecule has 0 aromatic heterocycles. The maximum absolute atomic E-state index is 5.49. The van der Waals surface area contributed by atoms with Gasteiger partial charge in [-0.1, -0.05) is 38.8 Å². The number of hydrogen-bond acceptors (Lipinski definition) is 1. The number of nitrogens with one attached hydrogen (secondary N) is 2. The fourth-order valence-corrected chi connectivity index (χ4v) is 3.26. The number of rotatable bonds is 2. The van der Waals surface area contributed by atoms with Gasteiger partial charge in [-0.25, -0.2) is 0 Å². The van der Waals surface area contributed by atoms with Gasteiger partial charge in [0.1, 0.15) is 0 Å². The highest BCUT2D eigenvalue weighted by Crippen LogP contribution is 2.29. The van der Waals surface area contributed by atoms with Crippen molar-refractivity contribution < 1.29 is 0 Å². The van der Waals surface area contributed by atoms with E-state index in [-0.39, 0.29) is 0 Å². The Morgan fingerprint density at radius 1 is 1.20 bits per heavy atom. The predicted molar refractivity (Wildman–Crippen MR) is 91.2 cm³/mol. The molecule has 2 N–H and O–H groups in total. The summed E-state index contributed by atoms with van der Waals surface area (Å²) >= 11 is 5.49. The molecule has 110 valence electrons. The topological polar surface area (TPSA) is 24.1 Å². The molecule has 1 aromatic rings. The lowest BCUT2D eigenvalue weighted by molar-refractivity contribution is 0.225. The normalized spacial score (nSPS) is 26.1. The minimum atomic E-state index is 0.504. The van der Waals surface area contributed by atoms with Crippen LogP contribution in [0.4, 0.5) is 5.69 Å². The van der Waals surface area contributed by atoms with Crippen molar-refractivity contribution in [2.75, 3.05) is 5.32 Å². The van der Waals surface area contributed by atoms with E-state index in [2.05, 4.69) is 56.5 Å². The third kappa shape index (κ3) is 3.51. The van der Waals surface area contributed by atoms with Crippen LogP contribution >= 0.6 is 12.2 Å². The van der Waals surface area contributed by atoms with E-state index in [1.807, 2.05) is 0 Å². The quantitative estimate of drug-likeness (QED) is 0.789. The molecule has 1 aromatic carbocycles. The molecular weight excluding hydrogens is 264 g/mol. The van der Waals surface area contributed by atoms with Crippen LogP contribution in [0.1, 0.15) is 44.2 Å². The van der Waals surface area contributed by atoms with Crippen molar-refractivity contribution in [3.05, 3.63) is 29.3 Å². The van der Waals surface area contributed by atoms with Crippen LogP contribution in [0.15, 0.2) is 18.2 Å². The van der Waals surface area contributed by atoms with Gasteiger partial charge < -0.3 is 10.6 Å². The molecule has 20 heavy (non-hydrogen) atoms. The summed E-state index contributed by atoms with van der Waals surface area (Å²) in [6.45, 7) is 8.94. The van der Waals surface area contributed by atoms with Crippen LogP contribution < -0.4 is 10.6 Å². The van der Waals surface area contributed by atoms with Gasteiger partial charge in [-0.05, 0) is 61.5 Å². The van der Waals surface area contributed by atoms with Crippen molar-refractivity contribution in [2.45, 2.75) is 53.0 Å². The minimum absolute atomic E-state index is 0.504. The van der Waals surface area contributed by atoms with Gasteiger partial charge in [0.05, 0.1) is 0 Å². The SMILES string of the molecule is Cc1cccc(NC(=S)N[C@H]2CCC[C@H](C)[C@@H]2C)c1C. The van der Waals surface area contributed by atoms with Gasteiger partial charge in [0.15, 0.2) is 5.11 Å². The fourth-order valence-electron chi connectivity index (χ4n) is 3.00. The number of thiocarbonyl (C=S) groups is 1. The zero-order chi connectivity index (χ0) is 14.7. The Morgan fingerprint density at radius 3 is 2.70 bits per heavy atom. The zero-order valence-corrected chi connectivity index (χ0v) is 13.8. The van der Waals surface area contributed by atoms with Crippen LogP contribution in [0.3, 0.4) is 0 Å². The molecule has 0 heterocycles. The third-order valence-corrected chi connectivity index (χ3v) is 5.10. The molecule has 3 heteroatoms. The van der Waals surface area contributed by atoms with E-state index in [4.69, 9.17) is 12.2 Å². The van der Waals surface area contributed by atoms with Crippen LogP contribution in [0.5, 0.6) is 0 Å². The molecule has 0 amide bonds. The monoisotopic (exact) mass is 290 g/mol. The lowest BCUT2D eigenvalue weighted by Gasteiger charge is -2.35. The van der Waals surface area contributed by atoms with E-state index in [0.717, 1.165) is 16.7 Å². The second-order valence-electron chi connectivity index (χ2n) is 6.22. The van der Waals surface area contributed by atoms with E-state index in [0.29, 0.717) is 12.0 Å². The average molecular weight is 290 g/mol. The molecule has 0 aliphatic heterocycles. The number of anilines is 1. The first-order valence-electron chi connectivity index (χ1n) is 7.62. The summed E-state index contributed by atoms with van der Waals surface area (Å²) in [4.78, 5) is 0. The van der Waals surface area contributed by atoms with E-state index < -0.39 is 0 Å². The molecule has 2 rings (SSSR count). The lowest BCUT2D eigenvalue weighted by atomic mass is 9.78. The first-order valence-corrected chi connectivity index (χ1v) is 8.03. The highest BCUT2D eigenvalue weighted by Gasteiger charge is 2.27. The van der Waals surface area contributed by atoms with Crippen LogP contribution in [-0.2, 0) is 0 Å². The first kappa shape index (κ1) is 15.3. The van der Waals surface area contributed by atoms with Gasteiger partial charge in [-0.15, -0.1) is 0 Å².